The van der Waals surface area contributed by atoms with E-state index in [0.717, 1.165) is 11.1 Å². The fourth-order valence-corrected chi connectivity index (χ4v) is 2.90. The molecular weight excluding hydrogens is 293 g/mol. The number of halogens is 1. The molecule has 0 fully saturated rings. The van der Waals surface area contributed by atoms with Gasteiger partial charge >= 0.3 is 5.97 Å². The van der Waals surface area contributed by atoms with Crippen molar-refractivity contribution >= 4 is 22.9 Å². The summed E-state index contributed by atoms with van der Waals surface area (Å²) in [4.78, 5) is 15.9. The SMILES string of the molecule is COc1ccc(F)cc1-c1nc(C)sc1/C(C)=C/C(=O)O. The zero-order valence-electron chi connectivity index (χ0n) is 11.8. The average molecular weight is 307 g/mol. The highest BCUT2D eigenvalue weighted by Gasteiger charge is 2.17. The van der Waals surface area contributed by atoms with E-state index in [1.807, 2.05) is 6.92 Å². The lowest BCUT2D eigenvalue weighted by Gasteiger charge is -2.08. The summed E-state index contributed by atoms with van der Waals surface area (Å²) in [6.07, 6.45) is 1.11. The maximum absolute atomic E-state index is 13.5. The van der Waals surface area contributed by atoms with Gasteiger partial charge in [0, 0.05) is 11.6 Å². The molecule has 6 heteroatoms. The molecular formula is C15H14FNO3S. The van der Waals surface area contributed by atoms with Gasteiger partial charge in [0.15, 0.2) is 0 Å². The molecule has 0 spiro atoms. The van der Waals surface area contributed by atoms with Crippen molar-refractivity contribution < 1.29 is 19.0 Å². The zero-order chi connectivity index (χ0) is 15.6. The van der Waals surface area contributed by atoms with Crippen LogP contribution >= 0.6 is 11.3 Å². The fraction of sp³-hybridized carbons (Fsp3) is 0.200. The van der Waals surface area contributed by atoms with Crippen molar-refractivity contribution in [3.8, 4) is 17.0 Å². The number of hydrogen-bond acceptors (Lipinski definition) is 4. The van der Waals surface area contributed by atoms with Crippen LogP contribution in [0, 0.1) is 12.7 Å². The van der Waals surface area contributed by atoms with Gasteiger partial charge in [0.05, 0.1) is 22.7 Å². The molecule has 1 heterocycles. The first kappa shape index (κ1) is 15.2. The van der Waals surface area contributed by atoms with E-state index < -0.39 is 11.8 Å². The Hall–Kier alpha value is -2.21. The van der Waals surface area contributed by atoms with Crippen LogP contribution in [0.1, 0.15) is 16.8 Å². The first-order valence-electron chi connectivity index (χ1n) is 6.15. The maximum atomic E-state index is 13.5. The number of hydrogen-bond donors (Lipinski definition) is 1. The smallest absolute Gasteiger partial charge is 0.328 e. The molecule has 0 aliphatic rings. The van der Waals surface area contributed by atoms with E-state index in [4.69, 9.17) is 9.84 Å². The number of thiazole rings is 1. The van der Waals surface area contributed by atoms with Crippen molar-refractivity contribution in [2.24, 2.45) is 0 Å². The Morgan fingerprint density at radius 2 is 2.19 bits per heavy atom. The molecule has 1 aromatic heterocycles. The maximum Gasteiger partial charge on any atom is 0.328 e. The van der Waals surface area contributed by atoms with E-state index in [-0.39, 0.29) is 0 Å². The van der Waals surface area contributed by atoms with Crippen LogP contribution in [-0.4, -0.2) is 23.2 Å². The van der Waals surface area contributed by atoms with Crippen molar-refractivity contribution in [1.82, 2.24) is 4.98 Å². The third kappa shape index (κ3) is 3.28. The Morgan fingerprint density at radius 3 is 2.81 bits per heavy atom. The van der Waals surface area contributed by atoms with Crippen molar-refractivity contribution in [1.29, 1.82) is 0 Å². The Balaban J connectivity index is 2.65. The molecule has 0 amide bonds. The number of carboxylic acid groups (broad SMARTS) is 1. The van der Waals surface area contributed by atoms with Gasteiger partial charge < -0.3 is 9.84 Å². The minimum Gasteiger partial charge on any atom is -0.496 e. The molecule has 0 aliphatic carbocycles. The molecule has 21 heavy (non-hydrogen) atoms. The summed E-state index contributed by atoms with van der Waals surface area (Å²) in [6.45, 7) is 3.51. The van der Waals surface area contributed by atoms with E-state index in [2.05, 4.69) is 4.98 Å². The summed E-state index contributed by atoms with van der Waals surface area (Å²) in [7, 11) is 1.50. The minimum absolute atomic E-state index is 0.401. The van der Waals surface area contributed by atoms with Crippen LogP contribution in [0.3, 0.4) is 0 Å². The molecule has 4 nitrogen and oxygen atoms in total. The lowest BCUT2D eigenvalue weighted by atomic mass is 10.1. The van der Waals surface area contributed by atoms with Gasteiger partial charge in [-0.05, 0) is 37.6 Å². The number of carbonyl (C=O) groups is 1. The molecule has 0 saturated carbocycles. The van der Waals surface area contributed by atoms with Crippen molar-refractivity contribution in [2.75, 3.05) is 7.11 Å². The zero-order valence-corrected chi connectivity index (χ0v) is 12.6. The highest BCUT2D eigenvalue weighted by Crippen LogP contribution is 2.38. The van der Waals surface area contributed by atoms with Crippen molar-refractivity contribution in [3.63, 3.8) is 0 Å². The standard InChI is InChI=1S/C15H14FNO3S/c1-8(6-13(18)19)15-14(17-9(2)21-15)11-7-10(16)4-5-12(11)20-3/h4-7H,1-3H3,(H,18,19)/b8-6+. The molecule has 0 bridgehead atoms. The summed E-state index contributed by atoms with van der Waals surface area (Å²) in [6, 6.07) is 4.17. The largest absolute Gasteiger partial charge is 0.496 e. The average Bonchev–Trinajstić information content (AvgIpc) is 2.80. The number of ether oxygens (including phenoxy) is 1. The van der Waals surface area contributed by atoms with Crippen LogP contribution in [0.2, 0.25) is 0 Å². The number of nitrogens with zero attached hydrogens (tertiary/aromatic N) is 1. The van der Waals surface area contributed by atoms with E-state index in [1.54, 1.807) is 6.92 Å². The summed E-state index contributed by atoms with van der Waals surface area (Å²) in [5, 5.41) is 9.65. The first-order valence-corrected chi connectivity index (χ1v) is 6.97. The quantitative estimate of drug-likeness (QED) is 0.874. The molecule has 0 aliphatic heterocycles. The van der Waals surface area contributed by atoms with Crippen LogP contribution in [-0.2, 0) is 4.79 Å². The summed E-state index contributed by atoms with van der Waals surface area (Å²) in [5.41, 5.74) is 1.60. The van der Waals surface area contributed by atoms with Gasteiger partial charge in [-0.2, -0.15) is 0 Å². The van der Waals surface area contributed by atoms with Gasteiger partial charge in [0.1, 0.15) is 11.6 Å². The van der Waals surface area contributed by atoms with Crippen LogP contribution < -0.4 is 4.74 Å². The number of aromatic nitrogens is 1. The molecule has 110 valence electrons. The van der Waals surface area contributed by atoms with E-state index in [0.29, 0.717) is 27.5 Å². The minimum atomic E-state index is -1.03. The molecule has 2 rings (SSSR count). The predicted molar refractivity (Wildman–Crippen MR) is 80.1 cm³/mol. The van der Waals surface area contributed by atoms with Crippen molar-refractivity contribution in [2.45, 2.75) is 13.8 Å². The number of aliphatic carboxylic acids is 1. The molecule has 0 saturated heterocycles. The fourth-order valence-electron chi connectivity index (χ4n) is 1.99. The van der Waals surface area contributed by atoms with Crippen molar-refractivity contribution in [3.05, 3.63) is 40.0 Å². The normalized spacial score (nSPS) is 11.5. The summed E-state index contributed by atoms with van der Waals surface area (Å²) < 4.78 is 18.8. The second-order valence-corrected chi connectivity index (χ2v) is 5.62. The van der Waals surface area contributed by atoms with Gasteiger partial charge in [-0.25, -0.2) is 14.2 Å². The summed E-state index contributed by atoms with van der Waals surface area (Å²) in [5.74, 6) is -0.941. The Morgan fingerprint density at radius 1 is 1.48 bits per heavy atom. The highest BCUT2D eigenvalue weighted by molar-refractivity contribution is 7.13. The number of rotatable bonds is 4. The third-order valence-electron chi connectivity index (χ3n) is 2.85. The molecule has 0 unspecified atom stereocenters. The molecule has 2 aromatic rings. The van der Waals surface area contributed by atoms with E-state index in [1.165, 1.54) is 36.6 Å². The monoisotopic (exact) mass is 307 g/mol. The Kier molecular flexibility index (Phi) is 4.37. The number of methoxy groups -OCH3 is 1. The van der Waals surface area contributed by atoms with Gasteiger partial charge in [0.2, 0.25) is 0 Å². The van der Waals surface area contributed by atoms with Gasteiger partial charge in [-0.3, -0.25) is 0 Å². The summed E-state index contributed by atoms with van der Waals surface area (Å²) >= 11 is 1.36. The van der Waals surface area contributed by atoms with Crippen LogP contribution in [0.25, 0.3) is 16.8 Å². The third-order valence-corrected chi connectivity index (χ3v) is 3.96. The molecule has 1 N–H and O–H groups in total. The topological polar surface area (TPSA) is 59.4 Å². The van der Waals surface area contributed by atoms with E-state index >= 15 is 0 Å². The van der Waals surface area contributed by atoms with Crippen LogP contribution in [0.4, 0.5) is 4.39 Å². The number of aryl methyl sites for hydroxylation is 1. The first-order chi connectivity index (χ1) is 9.92. The second-order valence-electron chi connectivity index (χ2n) is 4.42. The number of benzene rings is 1. The second kappa shape index (κ2) is 6.05. The lowest BCUT2D eigenvalue weighted by molar-refractivity contribution is -0.131. The molecule has 0 radical (unpaired) electrons. The van der Waals surface area contributed by atoms with Crippen LogP contribution in [0.5, 0.6) is 5.75 Å². The molecule has 1 aromatic carbocycles. The Labute approximate surface area is 125 Å². The Bertz CT molecular complexity index is 722. The van der Waals surface area contributed by atoms with Gasteiger partial charge in [-0.1, -0.05) is 0 Å². The van der Waals surface area contributed by atoms with Gasteiger partial charge in [-0.15, -0.1) is 11.3 Å². The molecule has 0 atom stereocenters. The number of allylic oxidation sites excluding steroid dienone is 1. The number of carboxylic acids is 1. The van der Waals surface area contributed by atoms with Gasteiger partial charge in [0.25, 0.3) is 0 Å². The van der Waals surface area contributed by atoms with Crippen LogP contribution in [0.15, 0.2) is 24.3 Å². The lowest BCUT2D eigenvalue weighted by Crippen LogP contribution is -1.93. The highest BCUT2D eigenvalue weighted by atomic mass is 32.1. The predicted octanol–water partition coefficient (Wildman–Crippen LogP) is 3.75. The van der Waals surface area contributed by atoms with E-state index in [9.17, 15) is 9.18 Å².